The number of benzene rings is 2. The van der Waals surface area contributed by atoms with Gasteiger partial charge in [0.1, 0.15) is 11.5 Å². The number of rotatable bonds is 9. The van der Waals surface area contributed by atoms with Crippen LogP contribution in [-0.4, -0.2) is 59.8 Å². The summed E-state index contributed by atoms with van der Waals surface area (Å²) >= 11 is 0. The molecule has 0 bridgehead atoms. The van der Waals surface area contributed by atoms with Gasteiger partial charge in [0.2, 0.25) is 0 Å². The molecule has 8 heteroatoms. The van der Waals surface area contributed by atoms with Crippen LogP contribution in [0.5, 0.6) is 11.5 Å². The summed E-state index contributed by atoms with van der Waals surface area (Å²) in [4.78, 5) is 23.6. The Kier molecular flexibility index (Phi) is 8.69. The van der Waals surface area contributed by atoms with Crippen molar-refractivity contribution in [3.8, 4) is 11.5 Å². The van der Waals surface area contributed by atoms with Crippen LogP contribution in [-0.2, 0) is 28.5 Å². The summed E-state index contributed by atoms with van der Waals surface area (Å²) in [5.41, 5.74) is 0. The zero-order chi connectivity index (χ0) is 26.5. The van der Waals surface area contributed by atoms with Crippen molar-refractivity contribution >= 4 is 22.7 Å². The van der Waals surface area contributed by atoms with Crippen molar-refractivity contribution in [2.75, 3.05) is 13.2 Å². The van der Waals surface area contributed by atoms with E-state index in [0.29, 0.717) is 75.1 Å². The normalized spacial score (nSPS) is 28.7. The standard InChI is InChI=1S/C20H30O6.C10H8O2/c21-19(23-11-13-5-7-15-17(9-13)25-15)3-1-2-4-20(22)24-12-14-6-8-16-18(10-14)26-16;11-8-4-5-9-7(6-8)2-1-3-10(9)12/h13-18H,1-12H2;1-6,11-12H. The van der Waals surface area contributed by atoms with Crippen LogP contribution in [0.2, 0.25) is 0 Å². The van der Waals surface area contributed by atoms with Crippen LogP contribution in [0.25, 0.3) is 10.8 Å². The molecule has 6 atom stereocenters. The lowest BCUT2D eigenvalue weighted by atomic mass is 9.90. The number of unbranched alkanes of at least 4 members (excludes halogenated alkanes) is 1. The molecule has 2 saturated heterocycles. The maximum atomic E-state index is 11.8. The summed E-state index contributed by atoms with van der Waals surface area (Å²) in [6.07, 6.45) is 10.4. The van der Waals surface area contributed by atoms with Crippen molar-refractivity contribution in [1.29, 1.82) is 0 Å². The molecule has 2 aliphatic carbocycles. The number of epoxide rings is 2. The third-order valence-electron chi connectivity index (χ3n) is 8.04. The topological polar surface area (TPSA) is 118 Å². The van der Waals surface area contributed by atoms with E-state index in [1.54, 1.807) is 30.3 Å². The molecule has 206 valence electrons. The summed E-state index contributed by atoms with van der Waals surface area (Å²) in [6, 6.07) is 10.1. The van der Waals surface area contributed by atoms with Gasteiger partial charge in [0.25, 0.3) is 0 Å². The minimum Gasteiger partial charge on any atom is -0.508 e. The van der Waals surface area contributed by atoms with E-state index in [4.69, 9.17) is 24.1 Å². The number of carbonyl (C=O) groups excluding carboxylic acids is 2. The molecule has 0 aromatic heterocycles. The second kappa shape index (κ2) is 12.3. The van der Waals surface area contributed by atoms with Gasteiger partial charge in [0, 0.05) is 18.2 Å². The van der Waals surface area contributed by atoms with Gasteiger partial charge in [-0.1, -0.05) is 12.1 Å². The Morgan fingerprint density at radius 2 is 1.34 bits per heavy atom. The average Bonchev–Trinajstić information content (AvgIpc) is 3.83. The molecule has 4 aliphatic rings. The first-order valence-corrected chi connectivity index (χ1v) is 14.0. The first-order valence-electron chi connectivity index (χ1n) is 14.0. The number of ether oxygens (including phenoxy) is 4. The van der Waals surface area contributed by atoms with E-state index < -0.39 is 0 Å². The van der Waals surface area contributed by atoms with Gasteiger partial charge in [-0.2, -0.15) is 0 Å². The maximum absolute atomic E-state index is 11.8. The Morgan fingerprint density at radius 3 is 1.89 bits per heavy atom. The third-order valence-corrected chi connectivity index (χ3v) is 8.04. The summed E-state index contributed by atoms with van der Waals surface area (Å²) in [7, 11) is 0. The van der Waals surface area contributed by atoms with E-state index in [1.165, 1.54) is 0 Å². The van der Waals surface area contributed by atoms with Gasteiger partial charge in [-0.3, -0.25) is 9.59 Å². The summed E-state index contributed by atoms with van der Waals surface area (Å²) in [5, 5.41) is 20.1. The van der Waals surface area contributed by atoms with Crippen LogP contribution in [0, 0.1) is 11.8 Å². The molecular formula is C30H38O8. The minimum absolute atomic E-state index is 0.154. The smallest absolute Gasteiger partial charge is 0.305 e. The van der Waals surface area contributed by atoms with Crippen LogP contribution < -0.4 is 0 Å². The first-order chi connectivity index (χ1) is 18.4. The Hall–Kier alpha value is -2.84. The highest BCUT2D eigenvalue weighted by Crippen LogP contribution is 2.40. The van der Waals surface area contributed by atoms with E-state index in [0.717, 1.165) is 49.3 Å². The zero-order valence-corrected chi connectivity index (χ0v) is 21.8. The number of phenolic OH excluding ortho intramolecular Hbond substituents is 2. The Bertz CT molecular complexity index is 1070. The Labute approximate surface area is 223 Å². The number of hydrogen-bond acceptors (Lipinski definition) is 8. The number of carbonyl (C=O) groups is 2. The zero-order valence-electron chi connectivity index (χ0n) is 21.8. The Morgan fingerprint density at radius 1 is 0.763 bits per heavy atom. The molecule has 2 aromatic carbocycles. The molecule has 2 aliphatic heterocycles. The van der Waals surface area contributed by atoms with Gasteiger partial charge < -0.3 is 29.2 Å². The molecule has 4 fully saturated rings. The number of aromatic hydroxyl groups is 2. The highest BCUT2D eigenvalue weighted by molar-refractivity contribution is 5.88. The third kappa shape index (κ3) is 7.60. The van der Waals surface area contributed by atoms with Crippen LogP contribution in [0.3, 0.4) is 0 Å². The van der Waals surface area contributed by atoms with Gasteiger partial charge in [-0.25, -0.2) is 0 Å². The number of hydrogen-bond donors (Lipinski definition) is 2. The molecule has 0 amide bonds. The second-order valence-electron chi connectivity index (χ2n) is 11.0. The van der Waals surface area contributed by atoms with Gasteiger partial charge in [0.15, 0.2) is 0 Å². The monoisotopic (exact) mass is 526 g/mol. The predicted molar refractivity (Wildman–Crippen MR) is 140 cm³/mol. The molecule has 6 unspecified atom stereocenters. The second-order valence-corrected chi connectivity index (χ2v) is 11.0. The number of phenols is 2. The van der Waals surface area contributed by atoms with Crippen LogP contribution in [0.15, 0.2) is 36.4 Å². The summed E-state index contributed by atoms with van der Waals surface area (Å²) < 4.78 is 21.7. The van der Waals surface area contributed by atoms with Crippen LogP contribution in [0.1, 0.15) is 64.2 Å². The van der Waals surface area contributed by atoms with E-state index in [9.17, 15) is 14.7 Å². The van der Waals surface area contributed by atoms with Crippen molar-refractivity contribution < 1.29 is 38.7 Å². The summed E-state index contributed by atoms with van der Waals surface area (Å²) in [6.45, 7) is 1.03. The molecular weight excluding hydrogens is 488 g/mol. The van der Waals surface area contributed by atoms with E-state index in [2.05, 4.69) is 0 Å². The van der Waals surface area contributed by atoms with E-state index in [-0.39, 0.29) is 23.4 Å². The fourth-order valence-electron chi connectivity index (χ4n) is 5.63. The van der Waals surface area contributed by atoms with E-state index >= 15 is 0 Å². The largest absolute Gasteiger partial charge is 0.508 e. The van der Waals surface area contributed by atoms with Gasteiger partial charge >= 0.3 is 11.9 Å². The minimum atomic E-state index is -0.154. The van der Waals surface area contributed by atoms with Crippen LogP contribution in [0.4, 0.5) is 0 Å². The molecule has 8 nitrogen and oxygen atoms in total. The van der Waals surface area contributed by atoms with E-state index in [1.807, 2.05) is 6.07 Å². The quantitative estimate of drug-likeness (QED) is 0.266. The van der Waals surface area contributed by atoms with Gasteiger partial charge in [0.05, 0.1) is 37.6 Å². The molecule has 0 radical (unpaired) electrons. The Balaban J connectivity index is 0.000000204. The molecule has 2 saturated carbocycles. The highest BCUT2D eigenvalue weighted by atomic mass is 16.6. The van der Waals surface area contributed by atoms with Crippen LogP contribution >= 0.6 is 0 Å². The van der Waals surface area contributed by atoms with Crippen molar-refractivity contribution in [2.45, 2.75) is 88.6 Å². The highest BCUT2D eigenvalue weighted by Gasteiger charge is 2.44. The summed E-state index contributed by atoms with van der Waals surface area (Å²) in [5.74, 6) is 1.06. The first kappa shape index (κ1) is 26.8. The van der Waals surface area contributed by atoms with Crippen molar-refractivity contribution in [2.24, 2.45) is 11.8 Å². The van der Waals surface area contributed by atoms with Gasteiger partial charge in [-0.05, 0) is 92.9 Å². The molecule has 2 aromatic rings. The predicted octanol–water partition coefficient (Wildman–Crippen LogP) is 5.02. The fraction of sp³-hybridized carbons (Fsp3) is 0.600. The number of fused-ring (bicyclic) bond motifs is 3. The van der Waals surface area contributed by atoms with Crippen molar-refractivity contribution in [3.63, 3.8) is 0 Å². The molecule has 2 heterocycles. The van der Waals surface area contributed by atoms with Crippen molar-refractivity contribution in [3.05, 3.63) is 36.4 Å². The number of esters is 2. The lowest BCUT2D eigenvalue weighted by Gasteiger charge is -2.18. The lowest BCUT2D eigenvalue weighted by molar-refractivity contribution is -0.147. The lowest BCUT2D eigenvalue weighted by Crippen LogP contribution is -2.20. The average molecular weight is 527 g/mol. The van der Waals surface area contributed by atoms with Gasteiger partial charge in [-0.15, -0.1) is 0 Å². The molecule has 2 N–H and O–H groups in total. The van der Waals surface area contributed by atoms with Crippen molar-refractivity contribution in [1.82, 2.24) is 0 Å². The maximum Gasteiger partial charge on any atom is 0.305 e. The fourth-order valence-corrected chi connectivity index (χ4v) is 5.63. The molecule has 6 rings (SSSR count). The molecule has 38 heavy (non-hydrogen) atoms. The SMILES string of the molecule is O=C(CCCCC(=O)OCC1CCC2OC2C1)OCC1CCC2OC2C1.Oc1ccc2c(O)cccc2c1. The molecule has 0 spiro atoms.